The summed E-state index contributed by atoms with van der Waals surface area (Å²) < 4.78 is 12.8. The van der Waals surface area contributed by atoms with Gasteiger partial charge in [-0.25, -0.2) is 0 Å². The lowest BCUT2D eigenvalue weighted by molar-refractivity contribution is 0.405. The molecule has 1 aromatic heterocycles. The summed E-state index contributed by atoms with van der Waals surface area (Å²) >= 11 is 0. The summed E-state index contributed by atoms with van der Waals surface area (Å²) in [5.74, 6) is -0.235. The van der Waals surface area contributed by atoms with E-state index in [1.807, 2.05) is 14.1 Å². The Morgan fingerprint density at radius 2 is 2.20 bits per heavy atom. The van der Waals surface area contributed by atoms with E-state index in [2.05, 4.69) is 20.2 Å². The average molecular weight is 213 g/mol. The summed E-state index contributed by atoms with van der Waals surface area (Å²) in [4.78, 5) is 9.28. The van der Waals surface area contributed by atoms with Crippen molar-refractivity contribution in [1.29, 1.82) is 0 Å². The molecule has 1 rings (SSSR count). The Hall–Kier alpha value is -1.43. The van der Waals surface area contributed by atoms with Crippen molar-refractivity contribution in [2.75, 3.05) is 38.2 Å². The highest BCUT2D eigenvalue weighted by atomic mass is 19.1. The lowest BCUT2D eigenvalue weighted by Crippen LogP contribution is -2.17. The van der Waals surface area contributed by atoms with Crippen LogP contribution < -0.4 is 11.1 Å². The normalized spacial score (nSPS) is 10.7. The van der Waals surface area contributed by atoms with Crippen LogP contribution in [0.15, 0.2) is 6.07 Å². The van der Waals surface area contributed by atoms with Crippen LogP contribution in [0.3, 0.4) is 0 Å². The maximum atomic E-state index is 12.8. The van der Waals surface area contributed by atoms with Gasteiger partial charge in [0.15, 0.2) is 0 Å². The molecular formula is C9H16FN5. The average Bonchev–Trinajstić information content (AvgIpc) is 2.10. The molecular weight excluding hydrogens is 197 g/mol. The fourth-order valence-electron chi connectivity index (χ4n) is 1.14. The first-order chi connectivity index (χ1) is 7.08. The number of nitrogens with zero attached hydrogens (tertiary/aromatic N) is 3. The van der Waals surface area contributed by atoms with Crippen LogP contribution >= 0.6 is 0 Å². The molecule has 15 heavy (non-hydrogen) atoms. The van der Waals surface area contributed by atoms with E-state index in [0.29, 0.717) is 5.82 Å². The van der Waals surface area contributed by atoms with Gasteiger partial charge in [0.25, 0.3) is 0 Å². The summed E-state index contributed by atoms with van der Waals surface area (Å²) in [5.41, 5.74) is 5.30. The molecule has 3 N–H and O–H groups in total. The minimum atomic E-state index is -0.613. The molecule has 0 atom stereocenters. The van der Waals surface area contributed by atoms with Crippen LogP contribution in [0, 0.1) is 5.95 Å². The number of nitrogen functional groups attached to an aromatic ring is 1. The van der Waals surface area contributed by atoms with Crippen LogP contribution in [-0.2, 0) is 0 Å². The van der Waals surface area contributed by atoms with Crippen LogP contribution in [0.5, 0.6) is 0 Å². The second-order valence-corrected chi connectivity index (χ2v) is 3.52. The summed E-state index contributed by atoms with van der Waals surface area (Å²) in [6, 6.07) is 1.23. The van der Waals surface area contributed by atoms with Gasteiger partial charge in [0, 0.05) is 12.6 Å². The molecule has 0 saturated carbocycles. The molecule has 0 amide bonds. The van der Waals surface area contributed by atoms with Crippen molar-refractivity contribution in [1.82, 2.24) is 14.9 Å². The van der Waals surface area contributed by atoms with Gasteiger partial charge in [0.1, 0.15) is 5.82 Å². The summed E-state index contributed by atoms with van der Waals surface area (Å²) in [7, 11) is 4.00. The molecule has 0 saturated heterocycles. The molecule has 0 spiro atoms. The first-order valence-electron chi connectivity index (χ1n) is 4.76. The summed E-state index contributed by atoms with van der Waals surface area (Å²) in [5, 5.41) is 2.98. The van der Waals surface area contributed by atoms with E-state index < -0.39 is 5.95 Å². The van der Waals surface area contributed by atoms with E-state index >= 15 is 0 Å². The molecule has 0 fully saturated rings. The molecule has 0 aliphatic heterocycles. The topological polar surface area (TPSA) is 67.1 Å². The number of hydrogen-bond acceptors (Lipinski definition) is 5. The van der Waals surface area contributed by atoms with Crippen molar-refractivity contribution in [3.05, 3.63) is 12.0 Å². The molecule has 0 aliphatic carbocycles. The number of nitrogens with one attached hydrogen (secondary N) is 1. The Balaban J connectivity index is 2.37. The lowest BCUT2D eigenvalue weighted by Gasteiger charge is -2.10. The highest BCUT2D eigenvalue weighted by Crippen LogP contribution is 2.06. The SMILES string of the molecule is CN(C)CCCNc1cc(F)nc(N)n1. The molecule has 0 unspecified atom stereocenters. The molecule has 0 bridgehead atoms. The van der Waals surface area contributed by atoms with Gasteiger partial charge in [0.2, 0.25) is 11.9 Å². The monoisotopic (exact) mass is 213 g/mol. The van der Waals surface area contributed by atoms with Gasteiger partial charge in [-0.1, -0.05) is 0 Å². The van der Waals surface area contributed by atoms with E-state index in [-0.39, 0.29) is 5.95 Å². The van der Waals surface area contributed by atoms with Crippen LogP contribution in [-0.4, -0.2) is 42.1 Å². The van der Waals surface area contributed by atoms with Gasteiger partial charge in [0.05, 0.1) is 0 Å². The number of rotatable bonds is 5. The maximum Gasteiger partial charge on any atom is 0.224 e. The Labute approximate surface area is 88.5 Å². The van der Waals surface area contributed by atoms with Crippen molar-refractivity contribution < 1.29 is 4.39 Å². The fraction of sp³-hybridized carbons (Fsp3) is 0.556. The first kappa shape index (κ1) is 11.6. The Morgan fingerprint density at radius 3 is 2.80 bits per heavy atom. The third kappa shape index (κ3) is 4.55. The highest BCUT2D eigenvalue weighted by Gasteiger charge is 2.00. The van der Waals surface area contributed by atoms with E-state index in [9.17, 15) is 4.39 Å². The van der Waals surface area contributed by atoms with Crippen molar-refractivity contribution in [2.45, 2.75) is 6.42 Å². The number of anilines is 2. The van der Waals surface area contributed by atoms with Crippen molar-refractivity contribution >= 4 is 11.8 Å². The van der Waals surface area contributed by atoms with Crippen LogP contribution in [0.2, 0.25) is 0 Å². The zero-order chi connectivity index (χ0) is 11.3. The molecule has 0 radical (unpaired) electrons. The molecule has 5 nitrogen and oxygen atoms in total. The number of hydrogen-bond donors (Lipinski definition) is 2. The van der Waals surface area contributed by atoms with Gasteiger partial charge < -0.3 is 16.0 Å². The zero-order valence-corrected chi connectivity index (χ0v) is 9.00. The van der Waals surface area contributed by atoms with E-state index in [4.69, 9.17) is 5.73 Å². The lowest BCUT2D eigenvalue weighted by atomic mass is 10.4. The minimum Gasteiger partial charge on any atom is -0.370 e. The largest absolute Gasteiger partial charge is 0.370 e. The summed E-state index contributed by atoms with van der Waals surface area (Å²) in [6.07, 6.45) is 0.957. The second-order valence-electron chi connectivity index (χ2n) is 3.52. The van der Waals surface area contributed by atoms with E-state index in [1.54, 1.807) is 0 Å². The highest BCUT2D eigenvalue weighted by molar-refractivity contribution is 5.37. The molecule has 6 heteroatoms. The minimum absolute atomic E-state index is 0.0508. The van der Waals surface area contributed by atoms with E-state index in [0.717, 1.165) is 19.5 Å². The number of aromatic nitrogens is 2. The fourth-order valence-corrected chi connectivity index (χ4v) is 1.14. The Bertz CT molecular complexity index is 295. The second kappa shape index (κ2) is 5.45. The molecule has 0 aliphatic rings. The van der Waals surface area contributed by atoms with Gasteiger partial charge in [-0.15, -0.1) is 0 Å². The molecule has 1 heterocycles. The van der Waals surface area contributed by atoms with Crippen molar-refractivity contribution in [3.8, 4) is 0 Å². The van der Waals surface area contributed by atoms with Gasteiger partial charge >= 0.3 is 0 Å². The third-order valence-electron chi connectivity index (χ3n) is 1.80. The molecule has 1 aromatic rings. The molecule has 0 aromatic carbocycles. The van der Waals surface area contributed by atoms with Crippen molar-refractivity contribution in [3.63, 3.8) is 0 Å². The van der Waals surface area contributed by atoms with Crippen LogP contribution in [0.4, 0.5) is 16.2 Å². The van der Waals surface area contributed by atoms with E-state index in [1.165, 1.54) is 6.07 Å². The van der Waals surface area contributed by atoms with Gasteiger partial charge in [-0.05, 0) is 27.1 Å². The number of halogens is 1. The Morgan fingerprint density at radius 1 is 1.47 bits per heavy atom. The summed E-state index contributed by atoms with van der Waals surface area (Å²) in [6.45, 7) is 1.70. The predicted molar refractivity (Wildman–Crippen MR) is 58.1 cm³/mol. The quantitative estimate of drug-likeness (QED) is 0.552. The van der Waals surface area contributed by atoms with Gasteiger partial charge in [-0.3, -0.25) is 0 Å². The van der Waals surface area contributed by atoms with Crippen LogP contribution in [0.1, 0.15) is 6.42 Å². The third-order valence-corrected chi connectivity index (χ3v) is 1.80. The predicted octanol–water partition coefficient (Wildman–Crippen LogP) is 0.561. The zero-order valence-electron chi connectivity index (χ0n) is 9.00. The van der Waals surface area contributed by atoms with Crippen molar-refractivity contribution in [2.24, 2.45) is 0 Å². The number of nitrogens with two attached hydrogens (primary N) is 1. The Kier molecular flexibility index (Phi) is 4.23. The first-order valence-corrected chi connectivity index (χ1v) is 4.76. The maximum absolute atomic E-state index is 12.8. The smallest absolute Gasteiger partial charge is 0.224 e. The molecule has 84 valence electrons. The van der Waals surface area contributed by atoms with Crippen LogP contribution in [0.25, 0.3) is 0 Å². The van der Waals surface area contributed by atoms with Gasteiger partial charge in [-0.2, -0.15) is 14.4 Å². The standard InChI is InChI=1S/C9H16FN5/c1-15(2)5-3-4-12-8-6-7(10)13-9(11)14-8/h6H,3-5H2,1-2H3,(H3,11,12,13,14).